The average molecular weight is 293 g/mol. The molecule has 3 aromatic carbocycles. The maximum Gasteiger partial charge on any atom is 0.415 e. The third kappa shape index (κ3) is 4.98. The summed E-state index contributed by atoms with van der Waals surface area (Å²) >= 11 is 0. The van der Waals surface area contributed by atoms with Gasteiger partial charge in [0.05, 0.1) is 0 Å². The second-order valence-corrected chi connectivity index (χ2v) is 6.24. The van der Waals surface area contributed by atoms with Crippen molar-refractivity contribution in [3.63, 3.8) is 0 Å². The molecule has 0 radical (unpaired) electrons. The van der Waals surface area contributed by atoms with Crippen LogP contribution in [0.5, 0.6) is 0 Å². The van der Waals surface area contributed by atoms with Gasteiger partial charge in [0.25, 0.3) is 0 Å². The van der Waals surface area contributed by atoms with E-state index in [9.17, 15) is 4.57 Å². The minimum Gasteiger partial charge on any atom is -0.0622 e. The fourth-order valence-electron chi connectivity index (χ4n) is 1.81. The third-order valence-corrected chi connectivity index (χ3v) is 4.46. The van der Waals surface area contributed by atoms with Gasteiger partial charge in [0.15, 0.2) is 10.6 Å². The molecule has 104 valence electrons. The largest absolute Gasteiger partial charge is 0.415 e. The van der Waals surface area contributed by atoms with Crippen molar-refractivity contribution in [1.29, 1.82) is 0 Å². The van der Waals surface area contributed by atoms with Crippen LogP contribution in [0.3, 0.4) is 0 Å². The molecule has 0 aliphatic heterocycles. The van der Waals surface area contributed by atoms with Gasteiger partial charge >= 0.3 is 7.80 Å². The van der Waals surface area contributed by atoms with Gasteiger partial charge in [-0.05, 0) is 31.2 Å². The maximum atomic E-state index is 12.0. The number of aryl methyl sites for hydroxylation is 1. The van der Waals surface area contributed by atoms with E-state index in [-0.39, 0.29) is 0 Å². The van der Waals surface area contributed by atoms with Crippen LogP contribution in [0.2, 0.25) is 0 Å². The van der Waals surface area contributed by atoms with Gasteiger partial charge in [0, 0.05) is 0 Å². The Morgan fingerprint density at radius 2 is 0.905 bits per heavy atom. The van der Waals surface area contributed by atoms with Gasteiger partial charge in [-0.15, -0.1) is 0 Å². The zero-order valence-electron chi connectivity index (χ0n) is 12.0. The lowest BCUT2D eigenvalue weighted by Gasteiger charge is -1.87. The van der Waals surface area contributed by atoms with E-state index in [4.69, 9.17) is 0 Å². The number of hydrogen-bond donors (Lipinski definition) is 0. The lowest BCUT2D eigenvalue weighted by molar-refractivity contribution is 0.598. The molecule has 0 saturated heterocycles. The quantitative estimate of drug-likeness (QED) is 0.638. The summed E-state index contributed by atoms with van der Waals surface area (Å²) in [6, 6.07) is 29.3. The summed E-state index contributed by atoms with van der Waals surface area (Å²) in [5, 5.41) is 1.77. The highest BCUT2D eigenvalue weighted by Gasteiger charge is 2.21. The fraction of sp³-hybridized carbons (Fsp3) is 0.0526. The molecule has 3 aromatic rings. The van der Waals surface area contributed by atoms with Crippen LogP contribution in [-0.4, -0.2) is 0 Å². The highest BCUT2D eigenvalue weighted by atomic mass is 31.1. The first-order valence-corrected chi connectivity index (χ1v) is 8.12. The van der Waals surface area contributed by atoms with Crippen LogP contribution in [0.25, 0.3) is 0 Å². The number of benzene rings is 3. The normalized spacial score (nSPS) is 9.38. The molecule has 21 heavy (non-hydrogen) atoms. The monoisotopic (exact) mass is 293 g/mol. The topological polar surface area (TPSA) is 17.1 Å². The minimum atomic E-state index is -1.42. The van der Waals surface area contributed by atoms with Crippen LogP contribution in [0.1, 0.15) is 5.56 Å². The van der Waals surface area contributed by atoms with Crippen LogP contribution in [0.15, 0.2) is 91.0 Å². The van der Waals surface area contributed by atoms with Crippen molar-refractivity contribution in [1.82, 2.24) is 0 Å². The Bertz CT molecular complexity index is 622. The van der Waals surface area contributed by atoms with E-state index < -0.39 is 7.80 Å². The van der Waals surface area contributed by atoms with E-state index in [2.05, 4.69) is 19.1 Å². The van der Waals surface area contributed by atoms with Gasteiger partial charge in [-0.3, -0.25) is 0 Å². The molecule has 0 atom stereocenters. The minimum absolute atomic E-state index is 0.883. The highest BCUT2D eigenvalue weighted by molar-refractivity contribution is 7.61. The lowest BCUT2D eigenvalue weighted by atomic mass is 10.2. The van der Waals surface area contributed by atoms with Gasteiger partial charge < -0.3 is 0 Å². The Hall–Kier alpha value is -2.24. The average Bonchev–Trinajstić information content (AvgIpc) is 2.57. The van der Waals surface area contributed by atoms with Gasteiger partial charge in [-0.1, -0.05) is 76.9 Å². The van der Waals surface area contributed by atoms with Gasteiger partial charge in [-0.25, -0.2) is 0 Å². The zero-order valence-corrected chi connectivity index (χ0v) is 12.9. The predicted molar refractivity (Wildman–Crippen MR) is 90.9 cm³/mol. The lowest BCUT2D eigenvalue weighted by Crippen LogP contribution is -2.04. The number of rotatable bonds is 2. The molecule has 0 heterocycles. The summed E-state index contributed by atoms with van der Waals surface area (Å²) in [6.45, 7) is 2.08. The van der Waals surface area contributed by atoms with E-state index >= 15 is 0 Å². The van der Waals surface area contributed by atoms with Crippen LogP contribution < -0.4 is 10.6 Å². The standard InChI is InChI=1S/C12H10OP.C7H8/c13-14(11-7-3-1-4-8-11)12-9-5-2-6-10-12;1-7-5-3-2-4-6-7/h1-10H;2-6H,1H3/q+1;. The molecule has 0 aromatic heterocycles. The summed E-state index contributed by atoms with van der Waals surface area (Å²) in [6.07, 6.45) is 0. The summed E-state index contributed by atoms with van der Waals surface area (Å²) in [4.78, 5) is 0. The first-order valence-electron chi connectivity index (χ1n) is 6.86. The van der Waals surface area contributed by atoms with E-state index in [1.807, 2.05) is 78.9 Å². The van der Waals surface area contributed by atoms with E-state index in [0.717, 1.165) is 10.6 Å². The SMILES string of the molecule is Cc1ccccc1.O=[P+](c1ccccc1)c1ccccc1. The molecular formula is C19H18OP+. The van der Waals surface area contributed by atoms with Gasteiger partial charge in [0.2, 0.25) is 0 Å². The second kappa shape index (κ2) is 8.14. The molecule has 0 N–H and O–H groups in total. The molecule has 3 rings (SSSR count). The Labute approximate surface area is 127 Å². The summed E-state index contributed by atoms with van der Waals surface area (Å²) < 4.78 is 12.0. The van der Waals surface area contributed by atoms with Crippen molar-refractivity contribution in [2.45, 2.75) is 6.92 Å². The number of hydrogen-bond acceptors (Lipinski definition) is 1. The van der Waals surface area contributed by atoms with Crippen LogP contribution in [-0.2, 0) is 4.57 Å². The molecule has 0 aliphatic carbocycles. The smallest absolute Gasteiger partial charge is 0.0622 e. The van der Waals surface area contributed by atoms with Crippen molar-refractivity contribution >= 4 is 18.4 Å². The van der Waals surface area contributed by atoms with E-state index in [0.29, 0.717) is 0 Å². The molecule has 0 bridgehead atoms. The molecule has 0 spiro atoms. The molecule has 0 aliphatic rings. The van der Waals surface area contributed by atoms with Crippen LogP contribution in [0, 0.1) is 6.92 Å². The van der Waals surface area contributed by atoms with Crippen LogP contribution >= 0.6 is 7.80 Å². The second-order valence-electron chi connectivity index (χ2n) is 4.62. The summed E-state index contributed by atoms with van der Waals surface area (Å²) in [5.74, 6) is 0. The van der Waals surface area contributed by atoms with Crippen molar-refractivity contribution in [2.75, 3.05) is 0 Å². The predicted octanol–water partition coefficient (Wildman–Crippen LogP) is 4.46. The highest BCUT2D eigenvalue weighted by Crippen LogP contribution is 2.18. The zero-order chi connectivity index (χ0) is 14.9. The fourth-order valence-corrected chi connectivity index (χ4v) is 2.99. The van der Waals surface area contributed by atoms with Gasteiger partial charge in [0.1, 0.15) is 0 Å². The maximum absolute atomic E-state index is 12.0. The first-order chi connectivity index (χ1) is 10.3. The van der Waals surface area contributed by atoms with Crippen molar-refractivity contribution < 1.29 is 4.57 Å². The van der Waals surface area contributed by atoms with Crippen molar-refractivity contribution in [3.8, 4) is 0 Å². The van der Waals surface area contributed by atoms with Crippen LogP contribution in [0.4, 0.5) is 0 Å². The first kappa shape index (κ1) is 15.2. The van der Waals surface area contributed by atoms with Crippen molar-refractivity contribution in [3.05, 3.63) is 96.6 Å². The Kier molecular flexibility index (Phi) is 5.87. The van der Waals surface area contributed by atoms with E-state index in [1.165, 1.54) is 5.56 Å². The third-order valence-electron chi connectivity index (χ3n) is 2.92. The molecule has 0 amide bonds. The molecule has 0 fully saturated rings. The molecule has 0 unspecified atom stereocenters. The molecule has 2 heteroatoms. The summed E-state index contributed by atoms with van der Waals surface area (Å²) in [5.41, 5.74) is 1.32. The Balaban J connectivity index is 0.000000194. The van der Waals surface area contributed by atoms with Gasteiger partial charge in [-0.2, -0.15) is 0 Å². The Morgan fingerprint density at radius 3 is 1.19 bits per heavy atom. The molecule has 1 nitrogen and oxygen atoms in total. The van der Waals surface area contributed by atoms with E-state index in [1.54, 1.807) is 0 Å². The Morgan fingerprint density at radius 1 is 0.571 bits per heavy atom. The molecule has 0 saturated carbocycles. The molecular weight excluding hydrogens is 275 g/mol. The van der Waals surface area contributed by atoms with Crippen molar-refractivity contribution in [2.24, 2.45) is 0 Å². The summed E-state index contributed by atoms with van der Waals surface area (Å²) in [7, 11) is -1.42.